The molecule has 0 bridgehead atoms. The second-order valence-corrected chi connectivity index (χ2v) is 7.45. The van der Waals surface area contributed by atoms with Crippen LogP contribution in [0.15, 0.2) is 84.0 Å². The molecule has 1 saturated heterocycles. The third-order valence-corrected chi connectivity index (χ3v) is 5.48. The minimum absolute atomic E-state index is 0.0568. The summed E-state index contributed by atoms with van der Waals surface area (Å²) in [4.78, 5) is 29.9. The van der Waals surface area contributed by atoms with Crippen LogP contribution in [0.25, 0.3) is 10.4 Å². The molecular weight excluding hydrogens is 430 g/mol. The van der Waals surface area contributed by atoms with Gasteiger partial charge in [0.2, 0.25) is 5.91 Å². The van der Waals surface area contributed by atoms with Gasteiger partial charge in [-0.2, -0.15) is 0 Å². The summed E-state index contributed by atoms with van der Waals surface area (Å²) in [7, 11) is 0. The Balaban J connectivity index is 1.81. The van der Waals surface area contributed by atoms with Crippen LogP contribution in [0.1, 0.15) is 28.7 Å². The molecule has 7 nitrogen and oxygen atoms in total. The fraction of sp³-hybridized carbons (Fsp3) is 0.167. The van der Waals surface area contributed by atoms with Gasteiger partial charge >= 0.3 is 6.09 Å². The Labute approximate surface area is 187 Å². The molecule has 1 fully saturated rings. The van der Waals surface area contributed by atoms with Gasteiger partial charge < -0.3 is 4.74 Å². The number of rotatable bonds is 6. The van der Waals surface area contributed by atoms with E-state index < -0.39 is 41.6 Å². The molecule has 33 heavy (non-hydrogen) atoms. The van der Waals surface area contributed by atoms with Crippen molar-refractivity contribution in [2.24, 2.45) is 5.11 Å². The summed E-state index contributed by atoms with van der Waals surface area (Å²) in [5.41, 5.74) is 10.7. The van der Waals surface area contributed by atoms with Crippen LogP contribution in [0.3, 0.4) is 0 Å². The molecule has 0 saturated carbocycles. The molecule has 9 heteroatoms. The first kappa shape index (κ1) is 22.0. The number of imide groups is 1. The molecule has 3 aromatic rings. The molecule has 3 atom stereocenters. The molecule has 0 radical (unpaired) electrons. The average Bonchev–Trinajstić information content (AvgIpc) is 3.21. The van der Waals surface area contributed by atoms with Gasteiger partial charge in [-0.15, -0.1) is 0 Å². The normalized spacial score (nSPS) is 17.1. The Bertz CT molecular complexity index is 1210. The number of hydrogen-bond donors (Lipinski definition) is 0. The summed E-state index contributed by atoms with van der Waals surface area (Å²) in [5.74, 6) is -2.84. The van der Waals surface area contributed by atoms with Crippen LogP contribution in [0.2, 0.25) is 0 Å². The van der Waals surface area contributed by atoms with Crippen molar-refractivity contribution in [1.29, 1.82) is 0 Å². The van der Waals surface area contributed by atoms with Gasteiger partial charge in [-0.3, -0.25) is 4.79 Å². The van der Waals surface area contributed by atoms with Gasteiger partial charge in [0.25, 0.3) is 0 Å². The summed E-state index contributed by atoms with van der Waals surface area (Å²) in [6.45, 7) is -0.0568. The lowest BCUT2D eigenvalue weighted by Gasteiger charge is -2.28. The maximum absolute atomic E-state index is 14.1. The highest BCUT2D eigenvalue weighted by Gasteiger charge is 2.44. The van der Waals surface area contributed by atoms with Gasteiger partial charge in [-0.25, -0.2) is 18.5 Å². The second kappa shape index (κ2) is 9.50. The standard InChI is InChI=1S/C24H18F2N4O3/c25-18-11-9-16(10-12-18)21(17-7-4-8-19(26)13-17)22(28-29-27)23(31)30-20(14-33-24(30)32)15-5-2-1-3-6-15/h1-13,20-22H,14H2/t20-,21-,22+/m1/s1. The number of azide groups is 1. The summed E-state index contributed by atoms with van der Waals surface area (Å²) < 4.78 is 32.8. The number of nitrogens with zero attached hydrogens (tertiary/aromatic N) is 4. The van der Waals surface area contributed by atoms with E-state index in [0.29, 0.717) is 16.7 Å². The zero-order valence-electron chi connectivity index (χ0n) is 17.2. The zero-order valence-corrected chi connectivity index (χ0v) is 17.2. The zero-order chi connectivity index (χ0) is 23.4. The van der Waals surface area contributed by atoms with Crippen LogP contribution in [0, 0.1) is 11.6 Å². The number of carbonyl (C=O) groups is 2. The fourth-order valence-electron chi connectivity index (χ4n) is 3.97. The Morgan fingerprint density at radius 2 is 1.73 bits per heavy atom. The Kier molecular flexibility index (Phi) is 6.33. The molecule has 4 rings (SSSR count). The van der Waals surface area contributed by atoms with E-state index in [1.807, 2.05) is 0 Å². The Hall–Kier alpha value is -4.23. The van der Waals surface area contributed by atoms with Crippen molar-refractivity contribution in [3.05, 3.63) is 118 Å². The lowest BCUT2D eigenvalue weighted by atomic mass is 9.84. The molecule has 1 heterocycles. The van der Waals surface area contributed by atoms with Crippen LogP contribution in [0.5, 0.6) is 0 Å². The van der Waals surface area contributed by atoms with E-state index in [-0.39, 0.29) is 6.61 Å². The fourth-order valence-corrected chi connectivity index (χ4v) is 3.97. The number of hydrogen-bond acceptors (Lipinski definition) is 4. The SMILES string of the molecule is [N-]=[N+]=N[C@H](C(=O)N1C(=O)OC[C@@H]1c1ccccc1)[C@H](c1ccc(F)cc1)c1cccc(F)c1. The molecule has 2 amide bonds. The maximum atomic E-state index is 14.1. The lowest BCUT2D eigenvalue weighted by Crippen LogP contribution is -2.43. The largest absolute Gasteiger partial charge is 0.446 e. The van der Waals surface area contributed by atoms with Crippen molar-refractivity contribution in [3.8, 4) is 0 Å². The van der Waals surface area contributed by atoms with Crippen molar-refractivity contribution < 1.29 is 23.1 Å². The smallest absolute Gasteiger partial charge is 0.417 e. The van der Waals surface area contributed by atoms with E-state index in [0.717, 1.165) is 4.90 Å². The van der Waals surface area contributed by atoms with Crippen LogP contribution in [-0.2, 0) is 9.53 Å². The van der Waals surface area contributed by atoms with Crippen molar-refractivity contribution in [1.82, 2.24) is 4.90 Å². The molecule has 0 aromatic heterocycles. The van der Waals surface area contributed by atoms with Gasteiger partial charge in [0.05, 0.1) is 0 Å². The van der Waals surface area contributed by atoms with Crippen molar-refractivity contribution >= 4 is 12.0 Å². The Morgan fingerprint density at radius 1 is 1.00 bits per heavy atom. The van der Waals surface area contributed by atoms with E-state index in [1.54, 1.807) is 36.4 Å². The first-order chi connectivity index (χ1) is 16.0. The number of carbonyl (C=O) groups excluding carboxylic acids is 2. The van der Waals surface area contributed by atoms with E-state index in [2.05, 4.69) is 10.0 Å². The first-order valence-electron chi connectivity index (χ1n) is 10.1. The van der Waals surface area contributed by atoms with E-state index in [9.17, 15) is 23.9 Å². The summed E-state index contributed by atoms with van der Waals surface area (Å²) in [6, 6.07) is 17.3. The number of amides is 2. The second-order valence-electron chi connectivity index (χ2n) is 7.45. The number of halogens is 2. The van der Waals surface area contributed by atoms with E-state index in [1.165, 1.54) is 42.5 Å². The lowest BCUT2D eigenvalue weighted by molar-refractivity contribution is -0.130. The molecule has 0 unspecified atom stereocenters. The molecule has 0 N–H and O–H groups in total. The van der Waals surface area contributed by atoms with Gasteiger partial charge in [-0.1, -0.05) is 59.7 Å². The third-order valence-electron chi connectivity index (χ3n) is 5.48. The number of ether oxygens (including phenoxy) is 1. The molecule has 1 aliphatic rings. The van der Waals surface area contributed by atoms with Crippen LogP contribution in [-0.4, -0.2) is 29.5 Å². The van der Waals surface area contributed by atoms with E-state index in [4.69, 9.17) is 4.74 Å². The average molecular weight is 448 g/mol. The molecule has 0 spiro atoms. The quantitative estimate of drug-likeness (QED) is 0.283. The number of benzene rings is 3. The van der Waals surface area contributed by atoms with Gasteiger partial charge in [0.1, 0.15) is 30.3 Å². The molecule has 3 aromatic carbocycles. The van der Waals surface area contributed by atoms with Crippen molar-refractivity contribution in [3.63, 3.8) is 0 Å². The Morgan fingerprint density at radius 3 is 2.39 bits per heavy atom. The van der Waals surface area contributed by atoms with Crippen LogP contribution >= 0.6 is 0 Å². The van der Waals surface area contributed by atoms with E-state index >= 15 is 0 Å². The highest BCUT2D eigenvalue weighted by Crippen LogP contribution is 2.35. The predicted octanol–water partition coefficient (Wildman–Crippen LogP) is 5.50. The minimum Gasteiger partial charge on any atom is -0.446 e. The third kappa shape index (κ3) is 4.53. The first-order valence-corrected chi connectivity index (χ1v) is 10.1. The van der Waals surface area contributed by atoms with Gasteiger partial charge in [0, 0.05) is 10.8 Å². The monoisotopic (exact) mass is 448 g/mol. The van der Waals surface area contributed by atoms with Crippen LogP contribution in [0.4, 0.5) is 13.6 Å². The highest BCUT2D eigenvalue weighted by molar-refractivity contribution is 5.97. The minimum atomic E-state index is -1.46. The molecule has 0 aliphatic carbocycles. The molecule has 1 aliphatic heterocycles. The predicted molar refractivity (Wildman–Crippen MR) is 115 cm³/mol. The summed E-state index contributed by atoms with van der Waals surface area (Å²) in [6.07, 6.45) is -0.871. The van der Waals surface area contributed by atoms with Crippen molar-refractivity contribution in [2.75, 3.05) is 6.61 Å². The van der Waals surface area contributed by atoms with Gasteiger partial charge in [-0.05, 0) is 46.5 Å². The molecular formula is C24H18F2N4O3. The van der Waals surface area contributed by atoms with Crippen molar-refractivity contribution in [2.45, 2.75) is 18.0 Å². The van der Waals surface area contributed by atoms with Crippen LogP contribution < -0.4 is 0 Å². The summed E-state index contributed by atoms with van der Waals surface area (Å²) in [5, 5.41) is 3.70. The maximum Gasteiger partial charge on any atom is 0.417 e. The molecule has 166 valence electrons. The highest BCUT2D eigenvalue weighted by atomic mass is 19.1. The summed E-state index contributed by atoms with van der Waals surface area (Å²) >= 11 is 0. The topological polar surface area (TPSA) is 95.4 Å². The number of cyclic esters (lactones) is 1. The van der Waals surface area contributed by atoms with Gasteiger partial charge in [0.15, 0.2) is 0 Å².